The van der Waals surface area contributed by atoms with Crippen molar-refractivity contribution < 1.29 is 9.90 Å². The Kier molecular flexibility index (Phi) is 4.42. The highest BCUT2D eigenvalue weighted by Crippen LogP contribution is 2.39. The highest BCUT2D eigenvalue weighted by Gasteiger charge is 2.57. The van der Waals surface area contributed by atoms with Gasteiger partial charge in [0.2, 0.25) is 0 Å². The number of amides is 1. The fraction of sp³-hybridized carbons (Fsp3) is 0.455. The fourth-order valence-electron chi connectivity index (χ4n) is 5.24. The molecule has 146 valence electrons. The number of carbonyl (C=O) groups is 1. The first-order valence-corrected chi connectivity index (χ1v) is 10.0. The molecule has 0 aliphatic carbocycles. The Morgan fingerprint density at radius 3 is 2.68 bits per heavy atom. The van der Waals surface area contributed by atoms with Gasteiger partial charge in [-0.3, -0.25) is 19.6 Å². The summed E-state index contributed by atoms with van der Waals surface area (Å²) in [7, 11) is 0. The van der Waals surface area contributed by atoms with Gasteiger partial charge in [0, 0.05) is 63.3 Å². The van der Waals surface area contributed by atoms with Gasteiger partial charge in [-0.1, -0.05) is 24.3 Å². The van der Waals surface area contributed by atoms with Crippen molar-refractivity contribution in [1.29, 1.82) is 0 Å². The zero-order valence-electron chi connectivity index (χ0n) is 15.9. The summed E-state index contributed by atoms with van der Waals surface area (Å²) in [6, 6.07) is 14.0. The van der Waals surface area contributed by atoms with Crippen LogP contribution in [0.15, 0.2) is 54.9 Å². The van der Waals surface area contributed by atoms with E-state index in [2.05, 4.69) is 20.9 Å². The normalized spacial score (nSPS) is 26.8. The van der Waals surface area contributed by atoms with Crippen LogP contribution in [0.25, 0.3) is 0 Å². The molecule has 6 heteroatoms. The lowest BCUT2D eigenvalue weighted by molar-refractivity contribution is -0.102. The molecular weight excluding hydrogens is 352 g/mol. The number of aliphatic hydroxyl groups excluding tert-OH is 1. The number of aromatic nitrogens is 1. The first-order chi connectivity index (χ1) is 13.6. The molecule has 1 N–H and O–H groups in total. The molecule has 3 aliphatic heterocycles. The third-order valence-corrected chi connectivity index (χ3v) is 6.40. The van der Waals surface area contributed by atoms with Crippen molar-refractivity contribution in [3.63, 3.8) is 0 Å². The Balaban J connectivity index is 1.33. The smallest absolute Gasteiger partial charge is 0.253 e. The Morgan fingerprint density at radius 2 is 1.93 bits per heavy atom. The lowest BCUT2D eigenvalue weighted by atomic mass is 9.83. The predicted octanol–water partition coefficient (Wildman–Crippen LogP) is 1.23. The number of aliphatic hydroxyl groups is 1. The van der Waals surface area contributed by atoms with Crippen molar-refractivity contribution in [1.82, 2.24) is 19.7 Å². The largest absolute Gasteiger partial charge is 0.392 e. The summed E-state index contributed by atoms with van der Waals surface area (Å²) in [5, 5.41) is 10.3. The minimum Gasteiger partial charge on any atom is -0.392 e. The molecule has 3 fully saturated rings. The van der Waals surface area contributed by atoms with E-state index in [0.717, 1.165) is 51.3 Å². The second-order valence-electron chi connectivity index (χ2n) is 8.48. The van der Waals surface area contributed by atoms with Gasteiger partial charge in [0.15, 0.2) is 0 Å². The first-order valence-electron chi connectivity index (χ1n) is 10.0. The number of β-amino-alcohol motifs (C(OH)–C–C–N with tert-alkyl or cyclic N) is 1. The third kappa shape index (κ3) is 3.11. The maximum atomic E-state index is 12.8. The van der Waals surface area contributed by atoms with Crippen molar-refractivity contribution in [2.45, 2.75) is 30.7 Å². The van der Waals surface area contributed by atoms with Crippen LogP contribution in [-0.4, -0.2) is 81.1 Å². The van der Waals surface area contributed by atoms with Crippen molar-refractivity contribution in [3.8, 4) is 0 Å². The lowest BCUT2D eigenvalue weighted by Gasteiger charge is -2.61. The summed E-state index contributed by atoms with van der Waals surface area (Å²) >= 11 is 0. The quantitative estimate of drug-likeness (QED) is 0.871. The SMILES string of the molecule is O=C(c1ccccc1)N1CC2(CN(Cc3cccnc3)C[C@@H]3C[C@@H](O)CN32)C1. The molecule has 2 atom stereocenters. The number of pyridine rings is 1. The number of rotatable bonds is 3. The topological polar surface area (TPSA) is 59.9 Å². The van der Waals surface area contributed by atoms with Crippen LogP contribution in [0.4, 0.5) is 0 Å². The van der Waals surface area contributed by atoms with E-state index in [0.29, 0.717) is 6.04 Å². The summed E-state index contributed by atoms with van der Waals surface area (Å²) in [5.74, 6) is 0.104. The van der Waals surface area contributed by atoms with E-state index in [9.17, 15) is 9.90 Å². The van der Waals surface area contributed by atoms with Crippen LogP contribution in [0.1, 0.15) is 22.3 Å². The molecule has 28 heavy (non-hydrogen) atoms. The Bertz CT molecular complexity index is 838. The third-order valence-electron chi connectivity index (χ3n) is 6.40. The Labute approximate surface area is 165 Å². The van der Waals surface area contributed by atoms with Gasteiger partial charge < -0.3 is 10.0 Å². The van der Waals surface area contributed by atoms with E-state index in [1.807, 2.05) is 47.5 Å². The predicted molar refractivity (Wildman–Crippen MR) is 106 cm³/mol. The fourth-order valence-corrected chi connectivity index (χ4v) is 5.24. The van der Waals surface area contributed by atoms with Gasteiger partial charge >= 0.3 is 0 Å². The van der Waals surface area contributed by atoms with Crippen molar-refractivity contribution in [2.75, 3.05) is 32.7 Å². The highest BCUT2D eigenvalue weighted by molar-refractivity contribution is 5.95. The summed E-state index contributed by atoms with van der Waals surface area (Å²) in [6.45, 7) is 4.92. The summed E-state index contributed by atoms with van der Waals surface area (Å²) < 4.78 is 0. The van der Waals surface area contributed by atoms with Crippen molar-refractivity contribution >= 4 is 5.91 Å². The van der Waals surface area contributed by atoms with E-state index >= 15 is 0 Å². The van der Waals surface area contributed by atoms with Gasteiger partial charge in [-0.2, -0.15) is 0 Å². The average Bonchev–Trinajstić information content (AvgIpc) is 3.07. The molecule has 3 aliphatic rings. The number of benzene rings is 1. The lowest BCUT2D eigenvalue weighted by Crippen LogP contribution is -2.78. The van der Waals surface area contributed by atoms with Crippen LogP contribution in [0.2, 0.25) is 0 Å². The van der Waals surface area contributed by atoms with Crippen LogP contribution in [-0.2, 0) is 6.54 Å². The zero-order chi connectivity index (χ0) is 19.1. The number of hydrogen-bond acceptors (Lipinski definition) is 5. The van der Waals surface area contributed by atoms with E-state index in [1.54, 1.807) is 6.20 Å². The molecule has 5 rings (SSSR count). The van der Waals surface area contributed by atoms with E-state index in [4.69, 9.17) is 0 Å². The molecule has 1 spiro atoms. The van der Waals surface area contributed by atoms with E-state index in [1.165, 1.54) is 5.56 Å². The van der Waals surface area contributed by atoms with Gasteiger partial charge in [0.25, 0.3) is 5.91 Å². The van der Waals surface area contributed by atoms with Gasteiger partial charge in [0.1, 0.15) is 0 Å². The molecule has 0 unspecified atom stereocenters. The second kappa shape index (κ2) is 6.95. The molecule has 0 bridgehead atoms. The number of fused-ring (bicyclic) bond motifs is 2. The molecule has 3 saturated heterocycles. The monoisotopic (exact) mass is 378 g/mol. The number of carbonyl (C=O) groups excluding carboxylic acids is 1. The highest BCUT2D eigenvalue weighted by atomic mass is 16.3. The van der Waals surface area contributed by atoms with Crippen LogP contribution in [0.3, 0.4) is 0 Å². The van der Waals surface area contributed by atoms with Gasteiger partial charge in [-0.15, -0.1) is 0 Å². The second-order valence-corrected chi connectivity index (χ2v) is 8.48. The molecule has 0 radical (unpaired) electrons. The van der Waals surface area contributed by atoms with Gasteiger partial charge in [-0.05, 0) is 30.2 Å². The summed E-state index contributed by atoms with van der Waals surface area (Å²) in [4.78, 5) is 24.0. The van der Waals surface area contributed by atoms with Crippen LogP contribution in [0, 0.1) is 0 Å². The molecule has 2 aromatic rings. The molecule has 1 amide bonds. The number of hydrogen-bond donors (Lipinski definition) is 1. The van der Waals surface area contributed by atoms with Gasteiger partial charge in [0.05, 0.1) is 11.6 Å². The van der Waals surface area contributed by atoms with E-state index in [-0.39, 0.29) is 17.6 Å². The van der Waals surface area contributed by atoms with Crippen molar-refractivity contribution in [3.05, 3.63) is 66.0 Å². The van der Waals surface area contributed by atoms with Crippen LogP contribution in [0.5, 0.6) is 0 Å². The van der Waals surface area contributed by atoms with Crippen LogP contribution < -0.4 is 0 Å². The first kappa shape index (κ1) is 17.8. The van der Waals surface area contributed by atoms with Crippen molar-refractivity contribution in [2.24, 2.45) is 0 Å². The van der Waals surface area contributed by atoms with Crippen LogP contribution >= 0.6 is 0 Å². The zero-order valence-corrected chi connectivity index (χ0v) is 15.9. The standard InChI is InChI=1S/C22H26N4O2/c27-20-9-19-12-24(11-17-5-4-8-23-10-17)14-22(26(19)13-20)15-25(16-22)21(28)18-6-2-1-3-7-18/h1-8,10,19-20,27H,9,11-16H2/t19-,20+/m0/s1. The number of likely N-dealkylation sites (tertiary alicyclic amines) is 1. The molecule has 0 saturated carbocycles. The maximum Gasteiger partial charge on any atom is 0.253 e. The number of nitrogens with zero attached hydrogens (tertiary/aromatic N) is 4. The Morgan fingerprint density at radius 1 is 1.11 bits per heavy atom. The molecule has 1 aromatic carbocycles. The van der Waals surface area contributed by atoms with Gasteiger partial charge in [-0.25, -0.2) is 0 Å². The van der Waals surface area contributed by atoms with E-state index < -0.39 is 0 Å². The summed E-state index contributed by atoms with van der Waals surface area (Å²) in [6.07, 6.45) is 4.28. The minimum atomic E-state index is -0.265. The maximum absolute atomic E-state index is 12.8. The summed E-state index contributed by atoms with van der Waals surface area (Å²) in [5.41, 5.74) is 1.91. The molecule has 1 aromatic heterocycles. The number of piperazine rings is 1. The average molecular weight is 378 g/mol. The minimum absolute atomic E-state index is 0.0486. The molecule has 4 heterocycles. The molecule has 6 nitrogen and oxygen atoms in total. The Hall–Kier alpha value is -2.28. The molecular formula is C22H26N4O2.